The van der Waals surface area contributed by atoms with Gasteiger partial charge in [0.05, 0.1) is 6.10 Å². The Kier molecular flexibility index (Phi) is 13.0. The monoisotopic (exact) mass is 434 g/mol. The number of pyridine rings is 1. The van der Waals surface area contributed by atoms with Crippen molar-refractivity contribution in [2.75, 3.05) is 26.7 Å². The molecule has 0 spiro atoms. The van der Waals surface area contributed by atoms with Crippen LogP contribution in [0.5, 0.6) is 0 Å². The third-order valence-corrected chi connectivity index (χ3v) is 3.47. The number of hydrogen-bond acceptors (Lipinski definition) is 3. The Morgan fingerprint density at radius 2 is 2.00 bits per heavy atom. The van der Waals surface area contributed by atoms with Gasteiger partial charge in [0.1, 0.15) is 0 Å². The fourth-order valence-electron chi connectivity index (χ4n) is 2.23. The lowest BCUT2D eigenvalue weighted by molar-refractivity contribution is 0.0258. The molecule has 132 valence electrons. The smallest absolute Gasteiger partial charge is 0.190 e. The van der Waals surface area contributed by atoms with Crippen LogP contribution in [0.25, 0.3) is 0 Å². The zero-order chi connectivity index (χ0) is 16.2. The lowest BCUT2D eigenvalue weighted by atomic mass is 10.0. The van der Waals surface area contributed by atoms with E-state index >= 15 is 0 Å². The molecule has 0 aliphatic rings. The number of aromatic nitrogens is 1. The minimum absolute atomic E-state index is 0. The molecule has 6 heteroatoms. The summed E-state index contributed by atoms with van der Waals surface area (Å²) in [6.45, 7) is 8.86. The lowest BCUT2D eigenvalue weighted by Crippen LogP contribution is -2.40. The highest BCUT2D eigenvalue weighted by Crippen LogP contribution is 2.09. The first-order valence-electron chi connectivity index (χ1n) is 8.13. The second kappa shape index (κ2) is 13.5. The van der Waals surface area contributed by atoms with Crippen LogP contribution < -0.4 is 10.6 Å². The molecule has 1 atom stereocenters. The molecule has 1 aromatic heterocycles. The number of hydrogen-bond donors (Lipinski definition) is 2. The largest absolute Gasteiger partial charge is 0.378 e. The number of halogens is 1. The predicted octanol–water partition coefficient (Wildman–Crippen LogP) is 2.86. The first-order chi connectivity index (χ1) is 10.7. The zero-order valence-electron chi connectivity index (χ0n) is 14.7. The number of guanidine groups is 1. The van der Waals surface area contributed by atoms with E-state index in [0.717, 1.165) is 44.2 Å². The van der Waals surface area contributed by atoms with E-state index < -0.39 is 0 Å². The van der Waals surface area contributed by atoms with Crippen LogP contribution in [0, 0.1) is 5.92 Å². The van der Waals surface area contributed by atoms with E-state index in [0.29, 0.717) is 12.0 Å². The summed E-state index contributed by atoms with van der Waals surface area (Å²) in [5.74, 6) is 1.36. The summed E-state index contributed by atoms with van der Waals surface area (Å²) in [6, 6.07) is 5.98. The van der Waals surface area contributed by atoms with Crippen molar-refractivity contribution in [2.45, 2.75) is 39.7 Å². The van der Waals surface area contributed by atoms with Crippen LogP contribution in [0.2, 0.25) is 0 Å². The molecule has 0 amide bonds. The van der Waals surface area contributed by atoms with Gasteiger partial charge in [-0.2, -0.15) is 0 Å². The van der Waals surface area contributed by atoms with Crippen molar-refractivity contribution in [3.05, 3.63) is 30.1 Å². The topological polar surface area (TPSA) is 58.5 Å². The second-order valence-electron chi connectivity index (χ2n) is 5.52. The van der Waals surface area contributed by atoms with E-state index in [4.69, 9.17) is 4.74 Å². The number of nitrogens with one attached hydrogen (secondary N) is 2. The van der Waals surface area contributed by atoms with Gasteiger partial charge in [0, 0.05) is 45.1 Å². The van der Waals surface area contributed by atoms with E-state index in [-0.39, 0.29) is 24.0 Å². The van der Waals surface area contributed by atoms with Crippen molar-refractivity contribution in [3.8, 4) is 0 Å². The minimum atomic E-state index is 0. The molecule has 5 nitrogen and oxygen atoms in total. The summed E-state index contributed by atoms with van der Waals surface area (Å²) in [4.78, 5) is 8.55. The molecule has 2 N–H and O–H groups in total. The number of ether oxygens (including phenoxy) is 1. The molecule has 0 aliphatic carbocycles. The highest BCUT2D eigenvalue weighted by Gasteiger charge is 2.12. The number of nitrogens with zero attached hydrogens (tertiary/aromatic N) is 2. The van der Waals surface area contributed by atoms with Gasteiger partial charge in [-0.3, -0.25) is 9.98 Å². The zero-order valence-corrected chi connectivity index (χ0v) is 17.0. The first-order valence-corrected chi connectivity index (χ1v) is 8.13. The standard InChI is InChI=1S/C17H30N4O.HI/c1-5-22-16(14(2)3)10-13-21-17(18-4)20-12-9-15-8-6-7-11-19-15;/h6-8,11,14,16H,5,9-10,12-13H2,1-4H3,(H2,18,20,21);1H. The van der Waals surface area contributed by atoms with Crippen molar-refractivity contribution >= 4 is 29.9 Å². The minimum Gasteiger partial charge on any atom is -0.378 e. The van der Waals surface area contributed by atoms with Crippen LogP contribution >= 0.6 is 24.0 Å². The lowest BCUT2D eigenvalue weighted by Gasteiger charge is -2.21. The van der Waals surface area contributed by atoms with Gasteiger partial charge in [0.15, 0.2) is 5.96 Å². The summed E-state index contributed by atoms with van der Waals surface area (Å²) in [5.41, 5.74) is 1.08. The Balaban J connectivity index is 0.00000484. The summed E-state index contributed by atoms with van der Waals surface area (Å²) in [7, 11) is 1.79. The highest BCUT2D eigenvalue weighted by molar-refractivity contribution is 14.0. The maximum absolute atomic E-state index is 5.75. The molecule has 1 heterocycles. The first kappa shape index (κ1) is 22.1. The SMILES string of the molecule is CCOC(CCNC(=NC)NCCc1ccccn1)C(C)C.I. The van der Waals surface area contributed by atoms with Gasteiger partial charge in [-0.1, -0.05) is 19.9 Å². The van der Waals surface area contributed by atoms with Crippen LogP contribution in [0.1, 0.15) is 32.9 Å². The average Bonchev–Trinajstić information content (AvgIpc) is 2.53. The van der Waals surface area contributed by atoms with Crippen LogP contribution in [0.3, 0.4) is 0 Å². The van der Waals surface area contributed by atoms with Gasteiger partial charge >= 0.3 is 0 Å². The molecule has 0 saturated carbocycles. The molecule has 0 aliphatic heterocycles. The van der Waals surface area contributed by atoms with E-state index in [1.807, 2.05) is 31.3 Å². The van der Waals surface area contributed by atoms with Crippen molar-refractivity contribution < 1.29 is 4.74 Å². The fourth-order valence-corrected chi connectivity index (χ4v) is 2.23. The highest BCUT2D eigenvalue weighted by atomic mass is 127. The Labute approximate surface area is 157 Å². The summed E-state index contributed by atoms with van der Waals surface area (Å²) >= 11 is 0. The van der Waals surface area contributed by atoms with E-state index in [9.17, 15) is 0 Å². The average molecular weight is 434 g/mol. The van der Waals surface area contributed by atoms with Crippen LogP contribution in [-0.2, 0) is 11.2 Å². The molecule has 0 radical (unpaired) electrons. The molecule has 0 saturated heterocycles. The van der Waals surface area contributed by atoms with Crippen molar-refractivity contribution in [1.82, 2.24) is 15.6 Å². The summed E-state index contributed by atoms with van der Waals surface area (Å²) in [6.07, 6.45) is 3.98. The maximum Gasteiger partial charge on any atom is 0.190 e. The van der Waals surface area contributed by atoms with Gasteiger partial charge in [-0.05, 0) is 31.4 Å². The number of aliphatic imine (C=N–C) groups is 1. The van der Waals surface area contributed by atoms with Gasteiger partial charge in [-0.25, -0.2) is 0 Å². The molecular formula is C17H31IN4O. The maximum atomic E-state index is 5.75. The molecule has 0 fully saturated rings. The fraction of sp³-hybridized carbons (Fsp3) is 0.647. The molecule has 1 rings (SSSR count). The van der Waals surface area contributed by atoms with E-state index in [1.54, 1.807) is 7.05 Å². The quantitative estimate of drug-likeness (QED) is 0.357. The Bertz CT molecular complexity index is 426. The second-order valence-corrected chi connectivity index (χ2v) is 5.52. The molecular weight excluding hydrogens is 403 g/mol. The van der Waals surface area contributed by atoms with Crippen LogP contribution in [0.15, 0.2) is 29.4 Å². The van der Waals surface area contributed by atoms with Gasteiger partial charge in [0.25, 0.3) is 0 Å². The molecule has 0 aromatic carbocycles. The third-order valence-electron chi connectivity index (χ3n) is 3.47. The van der Waals surface area contributed by atoms with Crippen molar-refractivity contribution in [3.63, 3.8) is 0 Å². The van der Waals surface area contributed by atoms with Crippen LogP contribution in [0.4, 0.5) is 0 Å². The molecule has 0 bridgehead atoms. The molecule has 1 aromatic rings. The molecule has 23 heavy (non-hydrogen) atoms. The van der Waals surface area contributed by atoms with Crippen molar-refractivity contribution in [2.24, 2.45) is 10.9 Å². The van der Waals surface area contributed by atoms with E-state index in [2.05, 4.69) is 34.5 Å². The van der Waals surface area contributed by atoms with Gasteiger partial charge in [-0.15, -0.1) is 24.0 Å². The number of rotatable bonds is 9. The third kappa shape index (κ3) is 9.76. The Hall–Kier alpha value is -0.890. The normalized spacial score (nSPS) is 12.7. The van der Waals surface area contributed by atoms with E-state index in [1.165, 1.54) is 0 Å². The predicted molar refractivity (Wildman–Crippen MR) is 108 cm³/mol. The Morgan fingerprint density at radius 1 is 1.26 bits per heavy atom. The van der Waals surface area contributed by atoms with Gasteiger partial charge in [0.2, 0.25) is 0 Å². The van der Waals surface area contributed by atoms with Gasteiger partial charge < -0.3 is 15.4 Å². The summed E-state index contributed by atoms with van der Waals surface area (Å²) in [5, 5.41) is 6.65. The van der Waals surface area contributed by atoms with Crippen LogP contribution in [-0.4, -0.2) is 43.8 Å². The summed E-state index contributed by atoms with van der Waals surface area (Å²) < 4.78 is 5.75. The molecule has 1 unspecified atom stereocenters. The van der Waals surface area contributed by atoms with Crippen molar-refractivity contribution in [1.29, 1.82) is 0 Å². The Morgan fingerprint density at radius 3 is 2.57 bits per heavy atom.